The fourth-order valence-electron chi connectivity index (χ4n) is 1.75. The van der Waals surface area contributed by atoms with Crippen molar-refractivity contribution in [2.24, 2.45) is 0 Å². The highest BCUT2D eigenvalue weighted by molar-refractivity contribution is 7.14. The van der Waals surface area contributed by atoms with Crippen LogP contribution in [0.3, 0.4) is 0 Å². The van der Waals surface area contributed by atoms with Gasteiger partial charge in [0.15, 0.2) is 0 Å². The molecule has 0 atom stereocenters. The molecule has 0 unspecified atom stereocenters. The van der Waals surface area contributed by atoms with E-state index in [1.54, 1.807) is 16.1 Å². The second-order valence-electron chi connectivity index (χ2n) is 3.78. The number of aromatic nitrogens is 1. The number of nitrogens with zero attached hydrogens (tertiary/aromatic N) is 1. The summed E-state index contributed by atoms with van der Waals surface area (Å²) in [6.45, 7) is 0. The molecule has 1 aromatic heterocycles. The van der Waals surface area contributed by atoms with E-state index in [2.05, 4.69) is 0 Å². The molecule has 4 heteroatoms. The minimum absolute atomic E-state index is 0.0235. The van der Waals surface area contributed by atoms with E-state index in [4.69, 9.17) is 5.73 Å². The molecule has 0 aliphatic rings. The zero-order valence-corrected chi connectivity index (χ0v) is 9.78. The van der Waals surface area contributed by atoms with Crippen molar-refractivity contribution in [3.8, 4) is 5.69 Å². The molecule has 17 heavy (non-hydrogen) atoms. The average Bonchev–Trinajstić information content (AvgIpc) is 2.69. The second kappa shape index (κ2) is 3.75. The first kappa shape index (κ1) is 10.1. The van der Waals surface area contributed by atoms with Crippen molar-refractivity contribution < 1.29 is 0 Å². The summed E-state index contributed by atoms with van der Waals surface area (Å²) < 4.78 is 2.68. The van der Waals surface area contributed by atoms with Crippen LogP contribution in [0, 0.1) is 0 Å². The molecular formula is C13H10N2OS. The molecule has 0 amide bonds. The quantitative estimate of drug-likeness (QED) is 0.667. The third-order valence-corrected chi connectivity index (χ3v) is 3.73. The third-order valence-electron chi connectivity index (χ3n) is 2.62. The molecule has 3 nitrogen and oxygen atoms in total. The van der Waals surface area contributed by atoms with Gasteiger partial charge in [-0.2, -0.15) is 0 Å². The van der Waals surface area contributed by atoms with Gasteiger partial charge in [-0.3, -0.25) is 4.79 Å². The molecule has 2 N–H and O–H groups in total. The number of nitrogen functional groups attached to an aromatic ring is 1. The molecular weight excluding hydrogens is 232 g/mol. The molecule has 0 spiro atoms. The highest BCUT2D eigenvalue weighted by Crippen LogP contribution is 2.20. The lowest BCUT2D eigenvalue weighted by Gasteiger charge is -1.99. The lowest BCUT2D eigenvalue weighted by atomic mass is 10.2. The van der Waals surface area contributed by atoms with E-state index < -0.39 is 0 Å². The van der Waals surface area contributed by atoms with Gasteiger partial charge in [-0.25, -0.2) is 3.96 Å². The Kier molecular flexibility index (Phi) is 2.23. The van der Waals surface area contributed by atoms with E-state index in [0.29, 0.717) is 5.69 Å². The normalized spacial score (nSPS) is 10.8. The van der Waals surface area contributed by atoms with E-state index in [9.17, 15) is 4.79 Å². The predicted molar refractivity (Wildman–Crippen MR) is 71.8 cm³/mol. The minimum atomic E-state index is 0.0235. The highest BCUT2D eigenvalue weighted by Gasteiger charge is 2.07. The van der Waals surface area contributed by atoms with Gasteiger partial charge < -0.3 is 5.73 Å². The standard InChI is InChI=1S/C13H10N2OS/c14-9-5-7-10(8-6-9)15-13(16)11-3-1-2-4-12(11)17-15/h1-8H,14H2. The van der Waals surface area contributed by atoms with Gasteiger partial charge in [0.25, 0.3) is 5.56 Å². The highest BCUT2D eigenvalue weighted by atomic mass is 32.1. The van der Waals surface area contributed by atoms with E-state index in [1.165, 1.54) is 11.5 Å². The van der Waals surface area contributed by atoms with Crippen molar-refractivity contribution in [2.75, 3.05) is 5.73 Å². The van der Waals surface area contributed by atoms with Crippen molar-refractivity contribution in [3.63, 3.8) is 0 Å². The summed E-state index contributed by atoms with van der Waals surface area (Å²) in [6, 6.07) is 14.9. The van der Waals surface area contributed by atoms with Gasteiger partial charge in [-0.05, 0) is 36.4 Å². The summed E-state index contributed by atoms with van der Waals surface area (Å²) in [7, 11) is 0. The van der Waals surface area contributed by atoms with E-state index in [1.807, 2.05) is 36.4 Å². The van der Waals surface area contributed by atoms with Crippen LogP contribution < -0.4 is 11.3 Å². The molecule has 1 heterocycles. The predicted octanol–water partition coefficient (Wildman–Crippen LogP) is 2.63. The summed E-state index contributed by atoms with van der Waals surface area (Å²) in [4.78, 5) is 12.2. The Morgan fingerprint density at radius 2 is 1.71 bits per heavy atom. The van der Waals surface area contributed by atoms with Gasteiger partial charge >= 0.3 is 0 Å². The molecule has 0 saturated heterocycles. The van der Waals surface area contributed by atoms with Crippen LogP contribution in [-0.2, 0) is 0 Å². The molecule has 0 radical (unpaired) electrons. The number of fused-ring (bicyclic) bond motifs is 1. The van der Waals surface area contributed by atoms with E-state index >= 15 is 0 Å². The van der Waals surface area contributed by atoms with Gasteiger partial charge in [0, 0.05) is 5.69 Å². The third kappa shape index (κ3) is 1.62. The van der Waals surface area contributed by atoms with Crippen LogP contribution in [0.1, 0.15) is 0 Å². The maximum Gasteiger partial charge on any atom is 0.273 e. The zero-order valence-electron chi connectivity index (χ0n) is 8.96. The zero-order chi connectivity index (χ0) is 11.8. The Morgan fingerprint density at radius 1 is 1.00 bits per heavy atom. The summed E-state index contributed by atoms with van der Waals surface area (Å²) in [5, 5.41) is 0.759. The summed E-state index contributed by atoms with van der Waals surface area (Å²) in [6.07, 6.45) is 0. The van der Waals surface area contributed by atoms with Gasteiger partial charge in [-0.1, -0.05) is 23.7 Å². The van der Waals surface area contributed by atoms with Crippen LogP contribution in [0.2, 0.25) is 0 Å². The van der Waals surface area contributed by atoms with Crippen molar-refractivity contribution in [1.29, 1.82) is 0 Å². The minimum Gasteiger partial charge on any atom is -0.399 e. The molecule has 3 aromatic rings. The Bertz CT molecular complexity index is 725. The number of anilines is 1. The van der Waals surface area contributed by atoms with Gasteiger partial charge in [-0.15, -0.1) is 0 Å². The first-order chi connectivity index (χ1) is 8.25. The van der Waals surface area contributed by atoms with Crippen LogP contribution in [0.5, 0.6) is 0 Å². The summed E-state index contributed by atoms with van der Waals surface area (Å²) in [5.41, 5.74) is 7.21. The molecule has 0 aliphatic heterocycles. The number of hydrogen-bond donors (Lipinski definition) is 1. The molecule has 0 aliphatic carbocycles. The lowest BCUT2D eigenvalue weighted by Crippen LogP contribution is -2.10. The van der Waals surface area contributed by atoms with Crippen molar-refractivity contribution >= 4 is 27.3 Å². The first-order valence-corrected chi connectivity index (χ1v) is 6.00. The molecule has 2 aromatic carbocycles. The number of benzene rings is 2. The van der Waals surface area contributed by atoms with Crippen molar-refractivity contribution in [1.82, 2.24) is 3.96 Å². The lowest BCUT2D eigenvalue weighted by molar-refractivity contribution is 1.14. The topological polar surface area (TPSA) is 48.0 Å². The van der Waals surface area contributed by atoms with Crippen LogP contribution in [0.25, 0.3) is 15.8 Å². The van der Waals surface area contributed by atoms with Crippen LogP contribution in [-0.4, -0.2) is 3.96 Å². The molecule has 3 rings (SSSR count). The van der Waals surface area contributed by atoms with Crippen LogP contribution in [0.4, 0.5) is 5.69 Å². The maximum atomic E-state index is 12.2. The Labute approximate surface area is 102 Å². The van der Waals surface area contributed by atoms with Gasteiger partial charge in [0.2, 0.25) is 0 Å². The van der Waals surface area contributed by atoms with E-state index in [0.717, 1.165) is 15.8 Å². The molecule has 0 bridgehead atoms. The van der Waals surface area contributed by atoms with Crippen LogP contribution in [0.15, 0.2) is 53.3 Å². The Hall–Kier alpha value is -2.07. The summed E-state index contributed by atoms with van der Waals surface area (Å²) in [5.74, 6) is 0. The Morgan fingerprint density at radius 3 is 2.41 bits per heavy atom. The van der Waals surface area contributed by atoms with Crippen LogP contribution >= 0.6 is 11.5 Å². The fourth-order valence-corrected chi connectivity index (χ4v) is 2.75. The van der Waals surface area contributed by atoms with Crippen molar-refractivity contribution in [3.05, 3.63) is 58.9 Å². The number of rotatable bonds is 1. The first-order valence-electron chi connectivity index (χ1n) is 5.23. The number of nitrogens with two attached hydrogens (primary N) is 1. The van der Waals surface area contributed by atoms with E-state index in [-0.39, 0.29) is 5.56 Å². The molecule has 0 saturated carbocycles. The molecule has 0 fully saturated rings. The largest absolute Gasteiger partial charge is 0.399 e. The summed E-state index contributed by atoms with van der Waals surface area (Å²) >= 11 is 1.45. The Balaban J connectivity index is 2.27. The molecule has 84 valence electrons. The second-order valence-corrected chi connectivity index (χ2v) is 4.77. The van der Waals surface area contributed by atoms with Gasteiger partial charge in [0.1, 0.15) is 0 Å². The maximum absolute atomic E-state index is 12.2. The average molecular weight is 242 g/mol. The monoisotopic (exact) mass is 242 g/mol. The SMILES string of the molecule is Nc1ccc(-n2sc3ccccc3c2=O)cc1. The van der Waals surface area contributed by atoms with Crippen molar-refractivity contribution in [2.45, 2.75) is 0 Å². The van der Waals surface area contributed by atoms with Gasteiger partial charge in [0.05, 0.1) is 15.8 Å². The number of hydrogen-bond acceptors (Lipinski definition) is 3. The smallest absolute Gasteiger partial charge is 0.273 e. The fraction of sp³-hybridized carbons (Fsp3) is 0.